The number of benzene rings is 4. The molecule has 8 aliphatic heterocycles. The van der Waals surface area contributed by atoms with Gasteiger partial charge in [-0.1, -0.05) is 71.7 Å². The highest BCUT2D eigenvalue weighted by Crippen LogP contribution is 2.42. The van der Waals surface area contributed by atoms with E-state index in [0.717, 1.165) is 101 Å². The van der Waals surface area contributed by atoms with Gasteiger partial charge in [-0.3, -0.25) is 38.4 Å². The van der Waals surface area contributed by atoms with Gasteiger partial charge >= 0.3 is 0 Å². The lowest BCUT2D eigenvalue weighted by atomic mass is 9.82. The van der Waals surface area contributed by atoms with Gasteiger partial charge in [0.15, 0.2) is 0 Å². The fourth-order valence-corrected chi connectivity index (χ4v) is 16.0. The second kappa shape index (κ2) is 31.3. The van der Waals surface area contributed by atoms with Crippen LogP contribution in [0.5, 0.6) is 0 Å². The van der Waals surface area contributed by atoms with Crippen molar-refractivity contribution in [3.05, 3.63) is 141 Å². The van der Waals surface area contributed by atoms with Gasteiger partial charge in [-0.25, -0.2) is 17.6 Å². The highest BCUT2D eigenvalue weighted by molar-refractivity contribution is 5.90. The molecule has 8 fully saturated rings. The summed E-state index contributed by atoms with van der Waals surface area (Å²) >= 11 is 0. The summed E-state index contributed by atoms with van der Waals surface area (Å²) in [6, 6.07) is 15.7. The van der Waals surface area contributed by atoms with Crippen molar-refractivity contribution >= 4 is 47.3 Å². The van der Waals surface area contributed by atoms with Crippen LogP contribution in [0, 0.1) is 64.6 Å². The topological polar surface area (TPSA) is 162 Å². The number of carbonyl (C=O) groups excluding carboxylic acids is 8. The van der Waals surface area contributed by atoms with Crippen LogP contribution in [0.25, 0.3) is 0 Å². The van der Waals surface area contributed by atoms with Crippen molar-refractivity contribution in [2.75, 3.05) is 78.5 Å². The monoisotopic (exact) mass is 1400 g/mol. The molecule has 100 heavy (non-hydrogen) atoms. The summed E-state index contributed by atoms with van der Waals surface area (Å²) in [5.41, 5.74) is 6.29. The van der Waals surface area contributed by atoms with Crippen molar-refractivity contribution in [3.8, 4) is 0 Å². The van der Waals surface area contributed by atoms with E-state index >= 15 is 0 Å². The molecular formula is C80H102F4N8O8. The van der Waals surface area contributed by atoms with Crippen LogP contribution in [-0.4, -0.2) is 165 Å². The molecule has 0 radical (unpaired) electrons. The van der Waals surface area contributed by atoms with Crippen LogP contribution in [0.1, 0.15) is 233 Å². The Morgan fingerprint density at radius 1 is 0.370 bits per heavy atom. The van der Waals surface area contributed by atoms with Gasteiger partial charge in [0.25, 0.3) is 0 Å². The Kier molecular flexibility index (Phi) is 15.9. The number of carbonyl (C=O) groups is 8. The molecule has 4 saturated heterocycles. The molecule has 4 saturated carbocycles. The normalized spacial score (nSPS) is 37.7. The van der Waals surface area contributed by atoms with Crippen LogP contribution < -0.4 is 0 Å². The number of nitrogens with zero attached hydrogens (tertiary/aromatic N) is 8. The van der Waals surface area contributed by atoms with E-state index in [4.69, 9.17) is 27.4 Å². The molecular weight excluding hydrogens is 1280 g/mol. The van der Waals surface area contributed by atoms with Crippen LogP contribution in [0.2, 0.25) is 0 Å². The second-order valence-corrected chi connectivity index (χ2v) is 27.8. The molecule has 12 aliphatic rings. The standard InChI is InChI=1S/3C20H25FN2O2.C19H23FN2O2.CH4/c3*1-13-2-4-15(5-3-13)20(25)22-11-18-17-10-16(21)7-6-14(17)8-9-23(18)19(24)12-22;20-15-7-6-13-8-9-22-17(16(13)10-15)11-21(12-18(22)23)19(24)14-4-2-1-3-5-14;/h3*6-7,10,13,15,18H,2-5,8-9,11-12H2,1H3;6-7,10,14,17H,1-5,8-9,11-12H2;1H4/i2D2,3D2,4D2,5D2,13D,15D;2D2,3D2,4D2,5D2,13D;13D;;. The summed E-state index contributed by atoms with van der Waals surface area (Å²) in [6.07, 6.45) is -16.8. The van der Waals surface area contributed by atoms with Crippen LogP contribution in [0.3, 0.4) is 0 Å². The summed E-state index contributed by atoms with van der Waals surface area (Å²) in [4.78, 5) is 116. The molecule has 0 bridgehead atoms. The van der Waals surface area contributed by atoms with Gasteiger partial charge in [-0.15, -0.1) is 0 Å². The molecule has 538 valence electrons. The van der Waals surface area contributed by atoms with Gasteiger partial charge in [-0.2, -0.15) is 0 Å². The smallest absolute Gasteiger partial charge is 0.242 e. The Bertz CT molecular complexity index is 4680. The third-order valence-corrected chi connectivity index (χ3v) is 21.4. The fraction of sp³-hybridized carbons (Fsp3) is 0.600. The van der Waals surface area contributed by atoms with Gasteiger partial charge in [0.05, 0.1) is 50.3 Å². The highest BCUT2D eigenvalue weighted by atomic mass is 19.1. The van der Waals surface area contributed by atoms with E-state index in [1.807, 2.05) is 17.9 Å². The number of rotatable bonds is 4. The van der Waals surface area contributed by atoms with E-state index in [-0.39, 0.29) is 99.3 Å². The van der Waals surface area contributed by atoms with Crippen molar-refractivity contribution in [3.63, 3.8) is 0 Å². The number of hydrogen-bond acceptors (Lipinski definition) is 8. The maximum atomic E-state index is 14.0. The Morgan fingerprint density at radius 2 is 0.660 bits per heavy atom. The lowest BCUT2D eigenvalue weighted by Gasteiger charge is -2.45. The molecule has 0 spiro atoms. The molecule has 0 aromatic heterocycles. The van der Waals surface area contributed by atoms with E-state index in [1.165, 1.54) is 64.8 Å². The Balaban J connectivity index is 0.000000148. The first-order valence-corrected chi connectivity index (χ1v) is 34.6. The van der Waals surface area contributed by atoms with Crippen molar-refractivity contribution in [1.29, 1.82) is 0 Å². The molecule has 20 heteroatoms. The lowest BCUT2D eigenvalue weighted by Crippen LogP contribution is -2.56. The van der Waals surface area contributed by atoms with Crippen LogP contribution in [0.15, 0.2) is 72.8 Å². The van der Waals surface area contributed by atoms with Gasteiger partial charge in [0.2, 0.25) is 47.3 Å². The maximum absolute atomic E-state index is 14.0. The van der Waals surface area contributed by atoms with E-state index < -0.39 is 141 Å². The van der Waals surface area contributed by atoms with Crippen LogP contribution in [0.4, 0.5) is 17.6 Å². The summed E-state index contributed by atoms with van der Waals surface area (Å²) in [5.74, 6) is -18.1. The van der Waals surface area contributed by atoms with Gasteiger partial charge < -0.3 is 39.2 Å². The summed E-state index contributed by atoms with van der Waals surface area (Å²) in [6.45, 7) is 4.81. The molecule has 4 atom stereocenters. The van der Waals surface area contributed by atoms with Crippen molar-refractivity contribution in [1.82, 2.24) is 39.2 Å². The fourth-order valence-electron chi connectivity index (χ4n) is 16.0. The minimum absolute atomic E-state index is 0. The largest absolute Gasteiger partial charge is 0.332 e. The summed E-state index contributed by atoms with van der Waals surface area (Å²) in [7, 11) is 0. The van der Waals surface area contributed by atoms with Crippen LogP contribution in [-0.2, 0) is 64.0 Å². The Hall–Kier alpha value is -7.64. The predicted octanol–water partition coefficient (Wildman–Crippen LogP) is 12.1. The molecule has 0 N–H and O–H groups in total. The van der Waals surface area contributed by atoms with E-state index in [2.05, 4.69) is 0 Å². The Morgan fingerprint density at radius 3 is 0.990 bits per heavy atom. The zero-order valence-corrected chi connectivity index (χ0v) is 56.0. The van der Waals surface area contributed by atoms with E-state index in [1.54, 1.807) is 32.9 Å². The first-order valence-electron chi connectivity index (χ1n) is 44.6. The molecule has 16 nitrogen and oxygen atoms in total. The molecule has 16 rings (SSSR count). The quantitative estimate of drug-likeness (QED) is 0.182. The van der Waals surface area contributed by atoms with Gasteiger partial charge in [0, 0.05) is 103 Å². The summed E-state index contributed by atoms with van der Waals surface area (Å²) < 4.78 is 222. The third-order valence-electron chi connectivity index (χ3n) is 21.4. The van der Waals surface area contributed by atoms with Crippen molar-refractivity contribution < 1.29 is 83.3 Å². The van der Waals surface area contributed by atoms with E-state index in [0.29, 0.717) is 76.5 Å². The van der Waals surface area contributed by atoms with Gasteiger partial charge in [0.1, 0.15) is 23.3 Å². The molecule has 4 aliphatic carbocycles. The minimum atomic E-state index is -3.69. The molecule has 8 heterocycles. The lowest BCUT2D eigenvalue weighted by molar-refractivity contribution is -0.152. The molecule has 8 amide bonds. The second-order valence-electron chi connectivity index (χ2n) is 27.8. The van der Waals surface area contributed by atoms with Crippen LogP contribution >= 0.6 is 0 Å². The average molecular weight is 1400 g/mol. The SMILES string of the molecule is C.O=C(C1CCCCC1)N1CC(=O)N2CCc3ccc(F)cc3C2C1.[2H]C1(C)CCC(C(=O)N2CC(=O)N3CCc4ccc(F)cc4C3C2)CC1.[2H]C1([2H])C(C(=O)N2CC(=O)N3CCc4ccc(F)cc4C3C2)C([2H])([2H])C([2H])([2H])C([2H])(C)C1([2H])[2H].[2H]C1([2H])C([2H])([2H])C([2H])(C(=O)N2CC(=O)N3CCc4ccc(F)cc4C3C2)C([2H])([2H])C([2H])([2H])C1([2H])C. The number of amides is 8. The summed E-state index contributed by atoms with van der Waals surface area (Å²) in [5, 5.41) is 0. The zero-order chi connectivity index (χ0) is 87.4. The number of hydrogen-bond donors (Lipinski definition) is 0. The first-order chi connectivity index (χ1) is 55.1. The third kappa shape index (κ3) is 15.7. The number of piperazine rings is 4. The highest BCUT2D eigenvalue weighted by Gasteiger charge is 2.46. The zero-order valence-electron chi connectivity index (χ0n) is 76.0. The maximum Gasteiger partial charge on any atom is 0.242 e. The van der Waals surface area contributed by atoms with E-state index in [9.17, 15) is 55.9 Å². The van der Waals surface area contributed by atoms with Crippen molar-refractivity contribution in [2.24, 2.45) is 41.3 Å². The predicted molar refractivity (Wildman–Crippen MR) is 371 cm³/mol. The average Bonchev–Trinajstić information content (AvgIpc) is 0.666. The Labute approximate surface area is 615 Å². The molecule has 4 unspecified atom stereocenters. The number of halogens is 4. The van der Waals surface area contributed by atoms with Crippen molar-refractivity contribution in [2.45, 2.75) is 187 Å². The number of fused-ring (bicyclic) bond motifs is 12. The molecule has 4 aromatic carbocycles. The van der Waals surface area contributed by atoms with Gasteiger partial charge in [-0.05, 0) is 226 Å². The minimum Gasteiger partial charge on any atom is -0.332 e. The molecule has 4 aromatic rings. The first kappa shape index (κ1) is 50.7.